The third kappa shape index (κ3) is 3.67. The maximum atomic E-state index is 13.5. The second kappa shape index (κ2) is 8.89. The van der Waals surface area contributed by atoms with Crippen molar-refractivity contribution in [1.29, 1.82) is 0 Å². The van der Waals surface area contributed by atoms with Crippen LogP contribution in [0.4, 0.5) is 0 Å². The molecule has 6 heteroatoms. The number of nitrogens with zero attached hydrogens (tertiary/aromatic N) is 3. The standard InChI is InChI=1S/C30H24N4O2/c1-2-27(35)34-26(21-14-15-23-20(17-21)11-8-16-31-23)18-25(33-34)29-28(19-9-4-3-5-10-19)22-12-6-7-13-24(22)32-30(29)36/h3-17,26H,2,18H2,1H3,(H,32,36)/t26-/m0/s1. The molecular formula is C30H24N4O2. The maximum Gasteiger partial charge on any atom is 0.258 e. The highest BCUT2D eigenvalue weighted by molar-refractivity contribution is 6.12. The minimum atomic E-state index is -0.299. The third-order valence-corrected chi connectivity index (χ3v) is 6.75. The Morgan fingerprint density at radius 1 is 0.972 bits per heavy atom. The highest BCUT2D eigenvalue weighted by Gasteiger charge is 2.35. The molecule has 36 heavy (non-hydrogen) atoms. The van der Waals surface area contributed by atoms with E-state index in [0.717, 1.165) is 38.5 Å². The van der Waals surface area contributed by atoms with E-state index in [-0.39, 0.29) is 17.5 Å². The number of nitrogens with one attached hydrogen (secondary N) is 1. The molecule has 0 saturated carbocycles. The van der Waals surface area contributed by atoms with Gasteiger partial charge in [-0.05, 0) is 35.4 Å². The smallest absolute Gasteiger partial charge is 0.258 e. The molecule has 3 heterocycles. The lowest BCUT2D eigenvalue weighted by Gasteiger charge is -2.21. The van der Waals surface area contributed by atoms with Crippen LogP contribution in [0.25, 0.3) is 32.9 Å². The van der Waals surface area contributed by atoms with E-state index in [0.29, 0.717) is 24.1 Å². The number of carbonyl (C=O) groups is 1. The van der Waals surface area contributed by atoms with Crippen molar-refractivity contribution >= 4 is 33.4 Å². The monoisotopic (exact) mass is 472 g/mol. The topological polar surface area (TPSA) is 78.4 Å². The molecule has 3 aromatic carbocycles. The summed E-state index contributed by atoms with van der Waals surface area (Å²) in [4.78, 5) is 34.0. The van der Waals surface area contributed by atoms with Crippen LogP contribution >= 0.6 is 0 Å². The van der Waals surface area contributed by atoms with Crippen molar-refractivity contribution in [3.63, 3.8) is 0 Å². The minimum absolute atomic E-state index is 0.0836. The van der Waals surface area contributed by atoms with E-state index >= 15 is 0 Å². The summed E-state index contributed by atoms with van der Waals surface area (Å²) < 4.78 is 0. The molecule has 176 valence electrons. The molecule has 6 nitrogen and oxygen atoms in total. The number of para-hydroxylation sites is 1. The van der Waals surface area contributed by atoms with Crippen LogP contribution in [0.3, 0.4) is 0 Å². The first-order valence-electron chi connectivity index (χ1n) is 12.1. The quantitative estimate of drug-likeness (QED) is 0.357. The van der Waals surface area contributed by atoms with E-state index in [9.17, 15) is 9.59 Å². The molecule has 1 aliphatic heterocycles. The summed E-state index contributed by atoms with van der Waals surface area (Å²) in [6.45, 7) is 1.83. The number of amides is 1. The van der Waals surface area contributed by atoms with Crippen LogP contribution in [-0.2, 0) is 4.79 Å². The highest BCUT2D eigenvalue weighted by atomic mass is 16.2. The van der Waals surface area contributed by atoms with Crippen LogP contribution in [0.15, 0.2) is 101 Å². The summed E-state index contributed by atoms with van der Waals surface area (Å²) in [5.74, 6) is -0.0836. The zero-order chi connectivity index (χ0) is 24.6. The van der Waals surface area contributed by atoms with Gasteiger partial charge in [0.1, 0.15) is 0 Å². The molecule has 0 saturated heterocycles. The van der Waals surface area contributed by atoms with Crippen LogP contribution < -0.4 is 5.56 Å². The number of aromatic nitrogens is 2. The molecule has 0 bridgehead atoms. The zero-order valence-corrected chi connectivity index (χ0v) is 19.8. The lowest BCUT2D eigenvalue weighted by Crippen LogP contribution is -2.26. The predicted molar refractivity (Wildman–Crippen MR) is 143 cm³/mol. The summed E-state index contributed by atoms with van der Waals surface area (Å²) in [5, 5.41) is 8.28. The van der Waals surface area contributed by atoms with Crippen LogP contribution in [-0.4, -0.2) is 26.6 Å². The van der Waals surface area contributed by atoms with Gasteiger partial charge >= 0.3 is 0 Å². The Labute approximate surface area is 207 Å². The van der Waals surface area contributed by atoms with E-state index < -0.39 is 0 Å². The van der Waals surface area contributed by atoms with Crippen molar-refractivity contribution < 1.29 is 4.79 Å². The highest BCUT2D eigenvalue weighted by Crippen LogP contribution is 2.37. The van der Waals surface area contributed by atoms with Crippen molar-refractivity contribution in [2.24, 2.45) is 5.10 Å². The fraction of sp³-hybridized carbons (Fsp3) is 0.133. The summed E-state index contributed by atoms with van der Waals surface area (Å²) >= 11 is 0. The number of hydrogen-bond acceptors (Lipinski definition) is 4. The SMILES string of the molecule is CCC(=O)N1N=C(c2c(-c3ccccc3)c3ccccc3[nH]c2=O)C[C@H]1c1ccc2ncccc2c1. The number of hydrogen-bond donors (Lipinski definition) is 1. The number of pyridine rings is 2. The van der Waals surface area contributed by atoms with E-state index in [2.05, 4.69) is 16.0 Å². The van der Waals surface area contributed by atoms with E-state index in [1.54, 1.807) is 11.2 Å². The molecule has 1 N–H and O–H groups in total. The first kappa shape index (κ1) is 21.9. The number of benzene rings is 3. The van der Waals surface area contributed by atoms with Crippen molar-refractivity contribution in [3.8, 4) is 11.1 Å². The van der Waals surface area contributed by atoms with E-state index in [1.807, 2.05) is 85.8 Å². The molecule has 5 aromatic rings. The van der Waals surface area contributed by atoms with Gasteiger partial charge in [-0.1, -0.05) is 67.6 Å². The fourth-order valence-electron chi connectivity index (χ4n) is 5.04. The Bertz CT molecular complexity index is 1710. The van der Waals surface area contributed by atoms with Crippen LogP contribution in [0.1, 0.15) is 36.9 Å². The first-order valence-corrected chi connectivity index (χ1v) is 12.1. The molecule has 1 atom stereocenters. The molecule has 1 amide bonds. The van der Waals surface area contributed by atoms with Crippen molar-refractivity contribution in [2.45, 2.75) is 25.8 Å². The lowest BCUT2D eigenvalue weighted by atomic mass is 9.91. The van der Waals surface area contributed by atoms with Gasteiger partial charge in [-0.15, -0.1) is 0 Å². The molecule has 0 fully saturated rings. The van der Waals surface area contributed by atoms with Gasteiger partial charge in [-0.2, -0.15) is 5.10 Å². The van der Waals surface area contributed by atoms with Crippen molar-refractivity contribution in [3.05, 3.63) is 113 Å². The van der Waals surface area contributed by atoms with E-state index in [1.165, 1.54) is 0 Å². The Morgan fingerprint density at radius 3 is 2.61 bits per heavy atom. The van der Waals surface area contributed by atoms with Gasteiger partial charge in [-0.3, -0.25) is 14.6 Å². The third-order valence-electron chi connectivity index (χ3n) is 6.75. The Balaban J connectivity index is 1.54. The van der Waals surface area contributed by atoms with Gasteiger partial charge < -0.3 is 4.98 Å². The Kier molecular flexibility index (Phi) is 5.41. The van der Waals surface area contributed by atoms with Gasteiger partial charge in [0, 0.05) is 40.9 Å². The van der Waals surface area contributed by atoms with E-state index in [4.69, 9.17) is 5.10 Å². The number of hydrazone groups is 1. The number of fused-ring (bicyclic) bond motifs is 2. The van der Waals surface area contributed by atoms with Gasteiger partial charge in [0.25, 0.3) is 5.56 Å². The first-order chi connectivity index (χ1) is 17.6. The van der Waals surface area contributed by atoms with Gasteiger partial charge in [0.15, 0.2) is 0 Å². The average molecular weight is 473 g/mol. The zero-order valence-electron chi connectivity index (χ0n) is 19.8. The van der Waals surface area contributed by atoms with Crippen LogP contribution in [0.5, 0.6) is 0 Å². The second-order valence-electron chi connectivity index (χ2n) is 8.93. The van der Waals surface area contributed by atoms with Crippen LogP contribution in [0.2, 0.25) is 0 Å². The molecule has 0 radical (unpaired) electrons. The maximum absolute atomic E-state index is 13.5. The van der Waals surface area contributed by atoms with Gasteiger partial charge in [-0.25, -0.2) is 5.01 Å². The molecular weight excluding hydrogens is 448 g/mol. The van der Waals surface area contributed by atoms with Crippen molar-refractivity contribution in [1.82, 2.24) is 15.0 Å². The van der Waals surface area contributed by atoms with Gasteiger partial charge in [0.2, 0.25) is 5.91 Å². The Hall–Kier alpha value is -4.58. The molecule has 0 spiro atoms. The van der Waals surface area contributed by atoms with Crippen LogP contribution in [0, 0.1) is 0 Å². The number of H-pyrrole nitrogens is 1. The minimum Gasteiger partial charge on any atom is -0.321 e. The summed E-state index contributed by atoms with van der Waals surface area (Å²) in [6, 6.07) is 27.3. The molecule has 2 aromatic heterocycles. The number of aromatic amines is 1. The fourth-order valence-corrected chi connectivity index (χ4v) is 5.04. The summed E-state index contributed by atoms with van der Waals surface area (Å²) in [7, 11) is 0. The van der Waals surface area contributed by atoms with Crippen molar-refractivity contribution in [2.75, 3.05) is 0 Å². The number of carbonyl (C=O) groups excluding carboxylic acids is 1. The number of rotatable bonds is 4. The summed E-state index contributed by atoms with van der Waals surface area (Å²) in [6.07, 6.45) is 2.53. The average Bonchev–Trinajstić information content (AvgIpc) is 3.37. The van der Waals surface area contributed by atoms with Gasteiger partial charge in [0.05, 0.1) is 22.8 Å². The second-order valence-corrected chi connectivity index (χ2v) is 8.93. The molecule has 6 rings (SSSR count). The normalized spacial score (nSPS) is 15.4. The Morgan fingerprint density at radius 2 is 1.78 bits per heavy atom. The molecule has 0 aliphatic carbocycles. The predicted octanol–water partition coefficient (Wildman–Crippen LogP) is 5.83. The molecule has 0 unspecified atom stereocenters. The summed E-state index contributed by atoms with van der Waals surface area (Å²) in [5.41, 5.74) is 5.31. The largest absolute Gasteiger partial charge is 0.321 e. The molecule has 1 aliphatic rings. The lowest BCUT2D eigenvalue weighted by molar-refractivity contribution is -0.132.